The van der Waals surface area contributed by atoms with Crippen LogP contribution in [0, 0.1) is 16.6 Å². The minimum absolute atomic E-state index is 0.271. The van der Waals surface area contributed by atoms with Crippen molar-refractivity contribution < 1.29 is 0 Å². The molecule has 116 valence electrons. The van der Waals surface area contributed by atoms with Crippen molar-refractivity contribution in [3.63, 3.8) is 0 Å². The summed E-state index contributed by atoms with van der Waals surface area (Å²) in [6.07, 6.45) is 0.785. The molecule has 0 unspecified atom stereocenters. The Morgan fingerprint density at radius 2 is 1.71 bits per heavy atom. The van der Waals surface area contributed by atoms with Crippen LogP contribution in [0.3, 0.4) is 0 Å². The molecule has 2 heterocycles. The second-order valence-corrected chi connectivity index (χ2v) is 6.64. The summed E-state index contributed by atoms with van der Waals surface area (Å²) in [5, 5.41) is 0. The molecule has 21 heavy (non-hydrogen) atoms. The number of H-pyrrole nitrogens is 2. The van der Waals surface area contributed by atoms with Gasteiger partial charge in [-0.1, -0.05) is 27.7 Å². The van der Waals surface area contributed by atoms with Crippen LogP contribution in [0.15, 0.2) is 9.59 Å². The summed E-state index contributed by atoms with van der Waals surface area (Å²) in [7, 11) is 0. The van der Waals surface area contributed by atoms with Gasteiger partial charge in [-0.2, -0.15) is 0 Å². The molecule has 6 nitrogen and oxygen atoms in total. The lowest BCUT2D eigenvalue weighted by Gasteiger charge is -2.14. The standard InChI is InChI=1S/C14H22N4O2S/c1-8(2)5-6-17-12(19)10-11(16-13(21)15-10)18(14(17)20)7-9(3)4/h8-9H,5-7H2,1-4H3,(H2,15,16,21). The predicted octanol–water partition coefficient (Wildman–Crippen LogP) is 2.25. The Morgan fingerprint density at radius 1 is 1.05 bits per heavy atom. The van der Waals surface area contributed by atoms with E-state index in [0.717, 1.165) is 6.42 Å². The Balaban J connectivity index is 2.71. The first-order valence-corrected chi connectivity index (χ1v) is 7.67. The smallest absolute Gasteiger partial charge is 0.325 e. The third-order valence-corrected chi connectivity index (χ3v) is 3.58. The first-order chi connectivity index (χ1) is 9.81. The monoisotopic (exact) mass is 310 g/mol. The highest BCUT2D eigenvalue weighted by Gasteiger charge is 2.16. The van der Waals surface area contributed by atoms with Crippen molar-refractivity contribution in [3.8, 4) is 0 Å². The molecule has 2 rings (SSSR count). The number of fused-ring (bicyclic) bond motifs is 1. The van der Waals surface area contributed by atoms with E-state index in [1.54, 1.807) is 4.57 Å². The highest BCUT2D eigenvalue weighted by Crippen LogP contribution is 2.07. The van der Waals surface area contributed by atoms with Crippen LogP contribution in [0.4, 0.5) is 0 Å². The lowest BCUT2D eigenvalue weighted by atomic mass is 10.1. The topological polar surface area (TPSA) is 75.6 Å². The van der Waals surface area contributed by atoms with Crippen LogP contribution in [0.2, 0.25) is 0 Å². The molecule has 7 heteroatoms. The van der Waals surface area contributed by atoms with Gasteiger partial charge in [0.15, 0.2) is 4.77 Å². The molecular weight excluding hydrogens is 288 g/mol. The number of aromatic amines is 2. The summed E-state index contributed by atoms with van der Waals surface area (Å²) in [5.74, 6) is 0.717. The molecule has 2 aromatic rings. The first-order valence-electron chi connectivity index (χ1n) is 7.27. The Bertz CT molecular complexity index is 807. The van der Waals surface area contributed by atoms with E-state index < -0.39 is 0 Å². The quantitative estimate of drug-likeness (QED) is 0.832. The van der Waals surface area contributed by atoms with E-state index in [1.807, 2.05) is 13.8 Å². The molecule has 0 spiro atoms. The van der Waals surface area contributed by atoms with Crippen molar-refractivity contribution in [2.45, 2.75) is 47.2 Å². The number of nitrogens with one attached hydrogen (secondary N) is 2. The van der Waals surface area contributed by atoms with Crippen molar-refractivity contribution in [2.24, 2.45) is 11.8 Å². The van der Waals surface area contributed by atoms with Crippen molar-refractivity contribution in [3.05, 3.63) is 25.6 Å². The molecule has 0 aromatic carbocycles. The number of hydrogen-bond donors (Lipinski definition) is 2. The van der Waals surface area contributed by atoms with Gasteiger partial charge in [0.05, 0.1) is 0 Å². The van der Waals surface area contributed by atoms with Crippen LogP contribution in [0.25, 0.3) is 11.2 Å². The van der Waals surface area contributed by atoms with E-state index in [1.165, 1.54) is 4.57 Å². The highest BCUT2D eigenvalue weighted by molar-refractivity contribution is 7.71. The maximum Gasteiger partial charge on any atom is 0.332 e. The predicted molar refractivity (Wildman–Crippen MR) is 86.3 cm³/mol. The number of aromatic nitrogens is 4. The first kappa shape index (κ1) is 15.8. The van der Waals surface area contributed by atoms with Gasteiger partial charge in [-0.3, -0.25) is 13.9 Å². The second-order valence-electron chi connectivity index (χ2n) is 6.23. The van der Waals surface area contributed by atoms with Gasteiger partial charge in [0.2, 0.25) is 0 Å². The van der Waals surface area contributed by atoms with Crippen LogP contribution in [0.1, 0.15) is 34.1 Å². The van der Waals surface area contributed by atoms with E-state index in [0.29, 0.717) is 40.9 Å². The molecule has 0 aliphatic heterocycles. The summed E-state index contributed by atoms with van der Waals surface area (Å²) in [5.41, 5.74) is 0.295. The van der Waals surface area contributed by atoms with Crippen LogP contribution in [-0.4, -0.2) is 19.1 Å². The Hall–Kier alpha value is -1.63. The van der Waals surface area contributed by atoms with Gasteiger partial charge in [0.25, 0.3) is 5.56 Å². The Morgan fingerprint density at radius 3 is 2.29 bits per heavy atom. The molecule has 0 fully saturated rings. The van der Waals surface area contributed by atoms with Gasteiger partial charge < -0.3 is 9.97 Å². The average Bonchev–Trinajstić information content (AvgIpc) is 2.76. The minimum Gasteiger partial charge on any atom is -0.325 e. The van der Waals surface area contributed by atoms with Gasteiger partial charge in [0, 0.05) is 13.1 Å². The molecule has 0 bridgehead atoms. The van der Waals surface area contributed by atoms with Crippen molar-refractivity contribution in [2.75, 3.05) is 0 Å². The molecule has 0 amide bonds. The number of hydrogen-bond acceptors (Lipinski definition) is 3. The van der Waals surface area contributed by atoms with Crippen molar-refractivity contribution in [1.82, 2.24) is 19.1 Å². The zero-order valence-electron chi connectivity index (χ0n) is 12.9. The summed E-state index contributed by atoms with van der Waals surface area (Å²) in [6, 6.07) is 0. The van der Waals surface area contributed by atoms with Gasteiger partial charge in [-0.25, -0.2) is 4.79 Å². The van der Waals surface area contributed by atoms with Gasteiger partial charge in [-0.05, 0) is 30.5 Å². The number of imidazole rings is 1. The average molecular weight is 310 g/mol. The molecule has 0 aliphatic carbocycles. The van der Waals surface area contributed by atoms with Gasteiger partial charge >= 0.3 is 5.69 Å². The van der Waals surface area contributed by atoms with Crippen LogP contribution in [0.5, 0.6) is 0 Å². The van der Waals surface area contributed by atoms with Crippen LogP contribution in [-0.2, 0) is 13.1 Å². The van der Waals surface area contributed by atoms with Crippen LogP contribution < -0.4 is 11.2 Å². The molecule has 2 N–H and O–H groups in total. The third-order valence-electron chi connectivity index (χ3n) is 3.38. The molecular formula is C14H22N4O2S. The van der Waals surface area contributed by atoms with E-state index in [2.05, 4.69) is 23.8 Å². The third kappa shape index (κ3) is 3.18. The fourth-order valence-corrected chi connectivity index (χ4v) is 2.51. The molecule has 0 saturated heterocycles. The number of nitrogens with zero attached hydrogens (tertiary/aromatic N) is 2. The second kappa shape index (κ2) is 6.01. The largest absolute Gasteiger partial charge is 0.332 e. The minimum atomic E-state index is -0.303. The van der Waals surface area contributed by atoms with E-state index in [9.17, 15) is 9.59 Å². The van der Waals surface area contributed by atoms with Gasteiger partial charge in [0.1, 0.15) is 11.2 Å². The van der Waals surface area contributed by atoms with Crippen molar-refractivity contribution >= 4 is 23.4 Å². The van der Waals surface area contributed by atoms with Crippen LogP contribution >= 0.6 is 12.2 Å². The normalized spacial score (nSPS) is 11.9. The Labute approximate surface area is 127 Å². The summed E-state index contributed by atoms with van der Waals surface area (Å²) in [6.45, 7) is 9.17. The molecule has 0 aliphatic rings. The van der Waals surface area contributed by atoms with E-state index >= 15 is 0 Å². The molecule has 0 saturated carbocycles. The fourth-order valence-electron chi connectivity index (χ4n) is 2.31. The molecule has 0 atom stereocenters. The molecule has 2 aromatic heterocycles. The SMILES string of the molecule is CC(C)CCn1c(=O)c2[nH]c(=S)[nH]c2n(CC(C)C)c1=O. The Kier molecular flexibility index (Phi) is 4.51. The highest BCUT2D eigenvalue weighted by atomic mass is 32.1. The fraction of sp³-hybridized carbons (Fsp3) is 0.643. The maximum absolute atomic E-state index is 12.6. The summed E-state index contributed by atoms with van der Waals surface area (Å²) >= 11 is 5.06. The lowest BCUT2D eigenvalue weighted by Crippen LogP contribution is -2.41. The zero-order valence-corrected chi connectivity index (χ0v) is 13.7. The van der Waals surface area contributed by atoms with E-state index in [4.69, 9.17) is 12.2 Å². The maximum atomic E-state index is 12.6. The van der Waals surface area contributed by atoms with Crippen molar-refractivity contribution in [1.29, 1.82) is 0 Å². The zero-order chi connectivity index (χ0) is 15.7. The van der Waals surface area contributed by atoms with E-state index in [-0.39, 0.29) is 11.2 Å². The lowest BCUT2D eigenvalue weighted by molar-refractivity contribution is 0.457. The summed E-state index contributed by atoms with van der Waals surface area (Å²) in [4.78, 5) is 30.9. The van der Waals surface area contributed by atoms with Gasteiger partial charge in [-0.15, -0.1) is 0 Å². The summed E-state index contributed by atoms with van der Waals surface area (Å²) < 4.78 is 3.28. The molecule has 0 radical (unpaired) electrons. The number of rotatable bonds is 5.